The predicted molar refractivity (Wildman–Crippen MR) is 94.2 cm³/mol. The summed E-state index contributed by atoms with van der Waals surface area (Å²) in [5.74, 6) is 1.82. The molecule has 5 nitrogen and oxygen atoms in total. The van der Waals surface area contributed by atoms with Crippen molar-refractivity contribution in [2.75, 3.05) is 13.1 Å². The van der Waals surface area contributed by atoms with E-state index in [1.165, 1.54) is 10.4 Å². The number of fused-ring (bicyclic) bond motifs is 1. The van der Waals surface area contributed by atoms with Gasteiger partial charge in [-0.3, -0.25) is 0 Å². The summed E-state index contributed by atoms with van der Waals surface area (Å²) in [6, 6.07) is 8.22. The third-order valence-electron chi connectivity index (χ3n) is 3.78. The van der Waals surface area contributed by atoms with E-state index in [2.05, 4.69) is 39.7 Å². The zero-order valence-corrected chi connectivity index (χ0v) is 14.3. The largest absolute Gasteiger partial charge is 0.488 e. The Hall–Kier alpha value is -2.08. The minimum Gasteiger partial charge on any atom is -0.488 e. The van der Waals surface area contributed by atoms with Gasteiger partial charge in [0.05, 0.1) is 24.3 Å². The van der Waals surface area contributed by atoms with Crippen molar-refractivity contribution in [2.45, 2.75) is 32.9 Å². The fourth-order valence-electron chi connectivity index (χ4n) is 2.55. The van der Waals surface area contributed by atoms with Gasteiger partial charge >= 0.3 is 0 Å². The molecule has 0 saturated carbocycles. The number of aryl methyl sites for hydroxylation is 1. The number of aliphatic imine (C=N–C) groups is 1. The number of nitrogens with one attached hydrogen (secondary N) is 2. The van der Waals surface area contributed by atoms with Crippen LogP contribution in [-0.4, -0.2) is 30.1 Å². The highest BCUT2D eigenvalue weighted by Crippen LogP contribution is 2.27. The molecule has 1 aliphatic rings. The Labute approximate surface area is 140 Å². The molecule has 2 heterocycles. The van der Waals surface area contributed by atoms with Crippen LogP contribution in [0.4, 0.5) is 0 Å². The van der Waals surface area contributed by atoms with Crippen molar-refractivity contribution in [1.82, 2.24) is 15.6 Å². The van der Waals surface area contributed by atoms with Gasteiger partial charge in [0, 0.05) is 17.8 Å². The third kappa shape index (κ3) is 4.01. The van der Waals surface area contributed by atoms with Crippen LogP contribution >= 0.6 is 11.3 Å². The van der Waals surface area contributed by atoms with Crippen LogP contribution in [-0.2, 0) is 13.0 Å². The maximum atomic E-state index is 5.95. The summed E-state index contributed by atoms with van der Waals surface area (Å²) in [7, 11) is 0. The first-order valence-electron chi connectivity index (χ1n) is 7.92. The molecular weight excluding hydrogens is 308 g/mol. The second kappa shape index (κ2) is 7.46. The van der Waals surface area contributed by atoms with Crippen LogP contribution in [0.5, 0.6) is 5.75 Å². The van der Waals surface area contributed by atoms with Crippen molar-refractivity contribution in [2.24, 2.45) is 4.99 Å². The van der Waals surface area contributed by atoms with Crippen LogP contribution in [0.1, 0.15) is 23.1 Å². The molecule has 6 heteroatoms. The zero-order valence-electron chi connectivity index (χ0n) is 13.5. The number of nitrogens with zero attached hydrogens (tertiary/aromatic N) is 2. The third-order valence-corrected chi connectivity index (χ3v) is 4.70. The molecule has 1 unspecified atom stereocenters. The standard InChI is InChI=1S/C17H22N4OS/c1-3-18-17(20-10-16-12(2)21-11-23-16)19-9-14-8-13-6-4-5-7-15(13)22-14/h4-7,11,14H,3,8-10H2,1-2H3,(H2,18,19,20). The quantitative estimate of drug-likeness (QED) is 0.653. The van der Waals surface area contributed by atoms with Crippen molar-refractivity contribution < 1.29 is 4.74 Å². The number of rotatable bonds is 5. The van der Waals surface area contributed by atoms with E-state index in [1.54, 1.807) is 11.3 Å². The molecular formula is C17H22N4OS. The van der Waals surface area contributed by atoms with Gasteiger partial charge in [0.1, 0.15) is 11.9 Å². The number of guanidine groups is 1. The normalized spacial score (nSPS) is 16.8. The minimum absolute atomic E-state index is 0.154. The minimum atomic E-state index is 0.154. The van der Waals surface area contributed by atoms with Crippen LogP contribution in [0.3, 0.4) is 0 Å². The summed E-state index contributed by atoms with van der Waals surface area (Å²) in [6.07, 6.45) is 1.10. The lowest BCUT2D eigenvalue weighted by Crippen LogP contribution is -2.42. The van der Waals surface area contributed by atoms with E-state index < -0.39 is 0 Å². The van der Waals surface area contributed by atoms with E-state index >= 15 is 0 Å². The first kappa shape index (κ1) is 15.8. The first-order valence-corrected chi connectivity index (χ1v) is 8.80. The molecule has 23 heavy (non-hydrogen) atoms. The highest BCUT2D eigenvalue weighted by Gasteiger charge is 2.22. The fraction of sp³-hybridized carbons (Fsp3) is 0.412. The van der Waals surface area contributed by atoms with Crippen molar-refractivity contribution in [1.29, 1.82) is 0 Å². The SMILES string of the molecule is CCNC(=NCc1scnc1C)NCC1Cc2ccccc2O1. The average Bonchev–Trinajstić information content (AvgIpc) is 3.15. The number of aromatic nitrogens is 1. The molecule has 1 atom stereocenters. The Morgan fingerprint density at radius 3 is 3.00 bits per heavy atom. The summed E-state index contributed by atoms with van der Waals surface area (Å²) in [6.45, 7) is 6.31. The Bertz CT molecular complexity index is 658. The average molecular weight is 330 g/mol. The second-order valence-electron chi connectivity index (χ2n) is 5.49. The maximum absolute atomic E-state index is 5.95. The summed E-state index contributed by atoms with van der Waals surface area (Å²) in [4.78, 5) is 10.1. The van der Waals surface area contributed by atoms with E-state index in [0.29, 0.717) is 6.54 Å². The molecule has 0 bridgehead atoms. The Morgan fingerprint density at radius 1 is 1.39 bits per heavy atom. The van der Waals surface area contributed by atoms with Gasteiger partial charge in [-0.25, -0.2) is 9.98 Å². The van der Waals surface area contributed by atoms with E-state index in [0.717, 1.165) is 36.9 Å². The molecule has 1 aromatic heterocycles. The summed E-state index contributed by atoms with van der Waals surface area (Å²) < 4.78 is 5.95. The molecule has 0 radical (unpaired) electrons. The van der Waals surface area contributed by atoms with Gasteiger partial charge < -0.3 is 15.4 Å². The van der Waals surface area contributed by atoms with E-state index in [-0.39, 0.29) is 6.10 Å². The van der Waals surface area contributed by atoms with Crippen LogP contribution in [0.15, 0.2) is 34.8 Å². The number of hydrogen-bond donors (Lipinski definition) is 2. The molecule has 1 aromatic carbocycles. The molecule has 0 aliphatic carbocycles. The van der Waals surface area contributed by atoms with Gasteiger partial charge in [-0.05, 0) is 25.5 Å². The predicted octanol–water partition coefficient (Wildman–Crippen LogP) is 2.51. The molecule has 0 amide bonds. The second-order valence-corrected chi connectivity index (χ2v) is 6.43. The lowest BCUT2D eigenvalue weighted by Gasteiger charge is -2.15. The van der Waals surface area contributed by atoms with Gasteiger partial charge in [-0.1, -0.05) is 18.2 Å². The molecule has 2 aromatic rings. The molecule has 0 saturated heterocycles. The summed E-state index contributed by atoms with van der Waals surface area (Å²) in [5, 5.41) is 6.65. The van der Waals surface area contributed by atoms with E-state index in [9.17, 15) is 0 Å². The lowest BCUT2D eigenvalue weighted by atomic mass is 10.1. The maximum Gasteiger partial charge on any atom is 0.191 e. The number of thiazole rings is 1. The van der Waals surface area contributed by atoms with E-state index in [1.807, 2.05) is 24.6 Å². The van der Waals surface area contributed by atoms with Crippen molar-refractivity contribution in [3.8, 4) is 5.75 Å². The molecule has 3 rings (SSSR count). The van der Waals surface area contributed by atoms with Crippen LogP contribution in [0.2, 0.25) is 0 Å². The highest BCUT2D eigenvalue weighted by molar-refractivity contribution is 7.09. The van der Waals surface area contributed by atoms with Crippen molar-refractivity contribution >= 4 is 17.3 Å². The Balaban J connectivity index is 1.55. The number of para-hydroxylation sites is 1. The lowest BCUT2D eigenvalue weighted by molar-refractivity contribution is 0.235. The molecule has 2 N–H and O–H groups in total. The van der Waals surface area contributed by atoms with Gasteiger partial charge in [0.2, 0.25) is 0 Å². The van der Waals surface area contributed by atoms with Crippen LogP contribution in [0.25, 0.3) is 0 Å². The Morgan fingerprint density at radius 2 is 2.26 bits per heavy atom. The fourth-order valence-corrected chi connectivity index (χ4v) is 3.25. The summed E-state index contributed by atoms with van der Waals surface area (Å²) >= 11 is 1.65. The molecule has 0 fully saturated rings. The smallest absolute Gasteiger partial charge is 0.191 e. The van der Waals surface area contributed by atoms with Gasteiger partial charge in [-0.2, -0.15) is 0 Å². The molecule has 1 aliphatic heterocycles. The number of benzene rings is 1. The van der Waals surface area contributed by atoms with Gasteiger partial charge in [-0.15, -0.1) is 11.3 Å². The van der Waals surface area contributed by atoms with Crippen LogP contribution in [0, 0.1) is 6.92 Å². The topological polar surface area (TPSA) is 58.5 Å². The monoisotopic (exact) mass is 330 g/mol. The van der Waals surface area contributed by atoms with Crippen LogP contribution < -0.4 is 15.4 Å². The van der Waals surface area contributed by atoms with E-state index in [4.69, 9.17) is 4.74 Å². The number of hydrogen-bond acceptors (Lipinski definition) is 4. The summed E-state index contributed by atoms with van der Waals surface area (Å²) in [5.41, 5.74) is 4.20. The molecule has 122 valence electrons. The number of ether oxygens (including phenoxy) is 1. The first-order chi connectivity index (χ1) is 11.3. The highest BCUT2D eigenvalue weighted by atomic mass is 32.1. The Kier molecular flexibility index (Phi) is 5.12. The van der Waals surface area contributed by atoms with Gasteiger partial charge in [0.15, 0.2) is 5.96 Å². The zero-order chi connectivity index (χ0) is 16.1. The van der Waals surface area contributed by atoms with Crippen molar-refractivity contribution in [3.63, 3.8) is 0 Å². The van der Waals surface area contributed by atoms with Gasteiger partial charge in [0.25, 0.3) is 0 Å². The molecule has 0 spiro atoms. The van der Waals surface area contributed by atoms with Crippen molar-refractivity contribution in [3.05, 3.63) is 45.9 Å².